The molecule has 0 aliphatic rings. The number of hydrogen-bond acceptors (Lipinski definition) is 4. The van der Waals surface area contributed by atoms with E-state index in [4.69, 9.17) is 16.6 Å². The molecular weight excluding hydrogens is 450 g/mol. The Morgan fingerprint density at radius 2 is 1.61 bits per heavy atom. The van der Waals surface area contributed by atoms with E-state index in [2.05, 4.69) is 11.4 Å². The molecule has 0 bridgehead atoms. The molecule has 1 N–H and O–H groups in total. The van der Waals surface area contributed by atoms with E-state index >= 15 is 0 Å². The largest absolute Gasteiger partial charge is 0.351 e. The molecule has 1 amide bonds. The van der Waals surface area contributed by atoms with Gasteiger partial charge in [0.15, 0.2) is 0 Å². The monoisotopic (exact) mass is 469 g/mol. The van der Waals surface area contributed by atoms with E-state index < -0.39 is 0 Å². The van der Waals surface area contributed by atoms with Crippen molar-refractivity contribution in [2.45, 2.75) is 11.6 Å². The minimum absolute atomic E-state index is 0.118. The van der Waals surface area contributed by atoms with Gasteiger partial charge in [0.05, 0.1) is 17.0 Å². The number of pyridine rings is 1. The topological polar surface area (TPSA) is 65.8 Å². The first kappa shape index (κ1) is 22.6. The second kappa shape index (κ2) is 10.8. The lowest BCUT2D eigenvalue weighted by Crippen LogP contribution is -2.24. The second-order valence-electron chi connectivity index (χ2n) is 7.27. The molecule has 0 radical (unpaired) electrons. The lowest BCUT2D eigenvalue weighted by Gasteiger charge is -2.13. The summed E-state index contributed by atoms with van der Waals surface area (Å²) >= 11 is 7.33. The molecule has 1 heterocycles. The van der Waals surface area contributed by atoms with Crippen molar-refractivity contribution >= 4 is 29.3 Å². The maximum Gasteiger partial charge on any atom is 0.230 e. The molecule has 1 aromatic heterocycles. The van der Waals surface area contributed by atoms with Crippen LogP contribution in [0.15, 0.2) is 96.0 Å². The van der Waals surface area contributed by atoms with Crippen molar-refractivity contribution in [2.75, 3.05) is 5.75 Å². The number of benzene rings is 3. The molecule has 0 spiro atoms. The first-order valence-electron chi connectivity index (χ1n) is 10.3. The van der Waals surface area contributed by atoms with Crippen molar-refractivity contribution < 1.29 is 4.79 Å². The van der Waals surface area contributed by atoms with Crippen LogP contribution in [0.3, 0.4) is 0 Å². The standard InChI is InChI=1S/C27H20ClN3OS/c28-22-13-11-20(12-14-22)23-15-25(21-9-5-2-6-10-21)31-27(24(23)16-29)33-18-26(32)30-17-19-7-3-1-4-8-19/h1-15H,17-18H2,(H,30,32). The van der Waals surface area contributed by atoms with Crippen LogP contribution in [0.25, 0.3) is 22.4 Å². The number of nitrogens with one attached hydrogen (secondary N) is 1. The number of nitrogens with zero attached hydrogens (tertiary/aromatic N) is 2. The van der Waals surface area contributed by atoms with E-state index in [-0.39, 0.29) is 11.7 Å². The molecule has 0 atom stereocenters. The minimum atomic E-state index is -0.118. The van der Waals surface area contributed by atoms with Crippen LogP contribution in [0.2, 0.25) is 5.02 Å². The van der Waals surface area contributed by atoms with E-state index in [1.54, 1.807) is 12.1 Å². The van der Waals surface area contributed by atoms with Crippen LogP contribution in [-0.2, 0) is 11.3 Å². The molecule has 0 aliphatic heterocycles. The summed E-state index contributed by atoms with van der Waals surface area (Å²) in [5.74, 6) is 0.0417. The molecule has 0 saturated heterocycles. The van der Waals surface area contributed by atoms with Crippen LogP contribution in [0.1, 0.15) is 11.1 Å². The summed E-state index contributed by atoms with van der Waals surface area (Å²) in [6.45, 7) is 0.457. The number of carbonyl (C=O) groups is 1. The number of carbonyl (C=O) groups excluding carboxylic acids is 1. The second-order valence-corrected chi connectivity index (χ2v) is 8.67. The number of rotatable bonds is 7. The van der Waals surface area contributed by atoms with Gasteiger partial charge >= 0.3 is 0 Å². The fourth-order valence-corrected chi connectivity index (χ4v) is 4.29. The van der Waals surface area contributed by atoms with Gasteiger partial charge in [0.25, 0.3) is 0 Å². The van der Waals surface area contributed by atoms with Gasteiger partial charge in [0.1, 0.15) is 11.1 Å². The smallest absolute Gasteiger partial charge is 0.230 e. The molecule has 6 heteroatoms. The van der Waals surface area contributed by atoms with E-state index in [0.717, 1.165) is 27.9 Å². The zero-order valence-corrected chi connectivity index (χ0v) is 19.2. The summed E-state index contributed by atoms with van der Waals surface area (Å²) in [5.41, 5.74) is 4.78. The quantitative estimate of drug-likeness (QED) is 0.320. The number of nitriles is 1. The Bertz CT molecular complexity index is 1290. The highest BCUT2D eigenvalue weighted by molar-refractivity contribution is 8.00. The van der Waals surface area contributed by atoms with E-state index in [0.29, 0.717) is 22.2 Å². The van der Waals surface area contributed by atoms with Crippen molar-refractivity contribution in [1.82, 2.24) is 10.3 Å². The third-order valence-corrected chi connectivity index (χ3v) is 6.22. The fourth-order valence-electron chi connectivity index (χ4n) is 3.33. The molecule has 4 rings (SSSR count). The number of hydrogen-bond donors (Lipinski definition) is 1. The van der Waals surface area contributed by atoms with Crippen LogP contribution >= 0.6 is 23.4 Å². The number of aromatic nitrogens is 1. The first-order valence-corrected chi connectivity index (χ1v) is 11.7. The van der Waals surface area contributed by atoms with Gasteiger partial charge in [-0.3, -0.25) is 4.79 Å². The van der Waals surface area contributed by atoms with Gasteiger partial charge in [-0.1, -0.05) is 96.2 Å². The molecule has 4 nitrogen and oxygen atoms in total. The molecule has 33 heavy (non-hydrogen) atoms. The Morgan fingerprint density at radius 3 is 2.27 bits per heavy atom. The lowest BCUT2D eigenvalue weighted by atomic mass is 9.99. The summed E-state index contributed by atoms with van der Waals surface area (Å²) in [7, 11) is 0. The maximum absolute atomic E-state index is 12.5. The van der Waals surface area contributed by atoms with Crippen LogP contribution in [0.5, 0.6) is 0 Å². The Balaban J connectivity index is 1.63. The predicted octanol–water partition coefficient (Wildman–Crippen LogP) is 6.35. The molecule has 162 valence electrons. The highest BCUT2D eigenvalue weighted by atomic mass is 35.5. The average Bonchev–Trinajstić information content (AvgIpc) is 2.87. The van der Waals surface area contributed by atoms with Gasteiger partial charge in [0.2, 0.25) is 5.91 Å². The highest BCUT2D eigenvalue weighted by Crippen LogP contribution is 2.34. The Hall–Kier alpha value is -3.59. The zero-order chi connectivity index (χ0) is 23.0. The molecule has 0 aliphatic carbocycles. The summed E-state index contributed by atoms with van der Waals surface area (Å²) in [6.07, 6.45) is 0. The van der Waals surface area contributed by atoms with Crippen LogP contribution in [0.4, 0.5) is 0 Å². The summed E-state index contributed by atoms with van der Waals surface area (Å²) in [4.78, 5) is 17.2. The maximum atomic E-state index is 12.5. The lowest BCUT2D eigenvalue weighted by molar-refractivity contribution is -0.118. The zero-order valence-electron chi connectivity index (χ0n) is 17.7. The third-order valence-electron chi connectivity index (χ3n) is 5.00. The Morgan fingerprint density at radius 1 is 0.939 bits per heavy atom. The average molecular weight is 470 g/mol. The van der Waals surface area contributed by atoms with E-state index in [1.165, 1.54) is 11.8 Å². The summed E-state index contributed by atoms with van der Waals surface area (Å²) in [6, 6.07) is 31.1. The number of halogens is 1. The first-order chi connectivity index (χ1) is 16.1. The van der Waals surface area contributed by atoms with Crippen molar-refractivity contribution in [3.8, 4) is 28.5 Å². The molecule has 3 aromatic carbocycles. The van der Waals surface area contributed by atoms with Crippen molar-refractivity contribution in [1.29, 1.82) is 5.26 Å². The van der Waals surface area contributed by atoms with E-state index in [1.807, 2.05) is 78.9 Å². The summed E-state index contributed by atoms with van der Waals surface area (Å²) < 4.78 is 0. The van der Waals surface area contributed by atoms with Gasteiger partial charge in [-0.15, -0.1) is 0 Å². The highest BCUT2D eigenvalue weighted by Gasteiger charge is 2.17. The Kier molecular flexibility index (Phi) is 7.41. The fraction of sp³-hybridized carbons (Fsp3) is 0.0741. The van der Waals surface area contributed by atoms with Crippen LogP contribution in [-0.4, -0.2) is 16.6 Å². The third kappa shape index (κ3) is 5.81. The van der Waals surface area contributed by atoms with Gasteiger partial charge in [-0.25, -0.2) is 4.98 Å². The number of thioether (sulfide) groups is 1. The Labute approximate surface area is 202 Å². The van der Waals surface area contributed by atoms with Crippen LogP contribution < -0.4 is 5.32 Å². The molecule has 4 aromatic rings. The minimum Gasteiger partial charge on any atom is -0.351 e. The molecule has 0 unspecified atom stereocenters. The number of amides is 1. The van der Waals surface area contributed by atoms with Gasteiger partial charge < -0.3 is 5.32 Å². The normalized spacial score (nSPS) is 10.4. The van der Waals surface area contributed by atoms with Gasteiger partial charge in [0, 0.05) is 22.7 Å². The van der Waals surface area contributed by atoms with Crippen molar-refractivity contribution in [2.24, 2.45) is 0 Å². The summed E-state index contributed by atoms with van der Waals surface area (Å²) in [5, 5.41) is 14.0. The van der Waals surface area contributed by atoms with Gasteiger partial charge in [-0.05, 0) is 29.3 Å². The predicted molar refractivity (Wildman–Crippen MR) is 134 cm³/mol. The molecule has 0 saturated carbocycles. The molecular formula is C27H20ClN3OS. The van der Waals surface area contributed by atoms with E-state index in [9.17, 15) is 10.1 Å². The van der Waals surface area contributed by atoms with Gasteiger partial charge in [-0.2, -0.15) is 5.26 Å². The molecule has 0 fully saturated rings. The van der Waals surface area contributed by atoms with Crippen molar-refractivity contribution in [3.63, 3.8) is 0 Å². The SMILES string of the molecule is N#Cc1c(-c2ccc(Cl)cc2)cc(-c2ccccc2)nc1SCC(=O)NCc1ccccc1. The van der Waals surface area contributed by atoms with Crippen molar-refractivity contribution in [3.05, 3.63) is 107 Å². The van der Waals surface area contributed by atoms with Crippen LogP contribution in [0, 0.1) is 11.3 Å².